The van der Waals surface area contributed by atoms with Gasteiger partial charge in [0.1, 0.15) is 11.6 Å². The van der Waals surface area contributed by atoms with Gasteiger partial charge in [0.25, 0.3) is 5.56 Å². The van der Waals surface area contributed by atoms with Crippen molar-refractivity contribution in [3.8, 4) is 0 Å². The van der Waals surface area contributed by atoms with Crippen LogP contribution in [-0.4, -0.2) is 54.1 Å². The van der Waals surface area contributed by atoms with Crippen LogP contribution in [0.5, 0.6) is 0 Å². The number of nitrogens with two attached hydrogens (primary N) is 1. The smallest absolute Gasteiger partial charge is 0.252 e. The number of aromatic nitrogens is 2. The quantitative estimate of drug-likeness (QED) is 0.759. The summed E-state index contributed by atoms with van der Waals surface area (Å²) in [6, 6.07) is 1.59. The fourth-order valence-corrected chi connectivity index (χ4v) is 2.63. The van der Waals surface area contributed by atoms with E-state index in [0.717, 1.165) is 57.9 Å². The van der Waals surface area contributed by atoms with Crippen LogP contribution in [0.4, 0.5) is 5.82 Å². The van der Waals surface area contributed by atoms with Crippen LogP contribution < -0.4 is 16.2 Å². The van der Waals surface area contributed by atoms with Crippen molar-refractivity contribution in [2.75, 3.05) is 44.2 Å². The molecular weight excluding hydrogens is 254 g/mol. The van der Waals surface area contributed by atoms with E-state index in [4.69, 9.17) is 5.73 Å². The first-order chi connectivity index (χ1) is 9.69. The highest BCUT2D eigenvalue weighted by Crippen LogP contribution is 2.12. The Morgan fingerprint density at radius 2 is 2.15 bits per heavy atom. The summed E-state index contributed by atoms with van der Waals surface area (Å²) in [7, 11) is 0. The molecule has 0 spiro atoms. The van der Waals surface area contributed by atoms with Gasteiger partial charge >= 0.3 is 0 Å². The Balaban J connectivity index is 1.93. The number of unbranched alkanes of at least 4 members (excludes halogenated alkanes) is 1. The third-order valence-electron chi connectivity index (χ3n) is 3.69. The molecule has 1 aliphatic heterocycles. The van der Waals surface area contributed by atoms with Gasteiger partial charge in [0, 0.05) is 25.7 Å². The van der Waals surface area contributed by atoms with Crippen LogP contribution in [0.1, 0.15) is 25.1 Å². The monoisotopic (exact) mass is 279 g/mol. The molecule has 0 unspecified atom stereocenters. The molecule has 0 aliphatic carbocycles. The van der Waals surface area contributed by atoms with Gasteiger partial charge in [-0.2, -0.15) is 0 Å². The van der Waals surface area contributed by atoms with E-state index in [-0.39, 0.29) is 5.56 Å². The van der Waals surface area contributed by atoms with Crippen LogP contribution in [0.2, 0.25) is 0 Å². The summed E-state index contributed by atoms with van der Waals surface area (Å²) in [5.41, 5.74) is 5.46. The number of nitrogens with one attached hydrogen (secondary N) is 1. The lowest BCUT2D eigenvalue weighted by Crippen LogP contribution is -2.32. The van der Waals surface area contributed by atoms with E-state index in [1.165, 1.54) is 6.42 Å². The second-order valence-electron chi connectivity index (χ2n) is 5.37. The Morgan fingerprint density at radius 3 is 2.90 bits per heavy atom. The van der Waals surface area contributed by atoms with Crippen LogP contribution in [0.25, 0.3) is 0 Å². The maximum absolute atomic E-state index is 11.5. The van der Waals surface area contributed by atoms with Crippen molar-refractivity contribution in [2.24, 2.45) is 5.73 Å². The molecule has 2 heterocycles. The molecule has 0 amide bonds. The molecule has 1 aromatic rings. The third-order valence-corrected chi connectivity index (χ3v) is 3.69. The molecule has 20 heavy (non-hydrogen) atoms. The van der Waals surface area contributed by atoms with Crippen molar-refractivity contribution in [1.29, 1.82) is 0 Å². The molecule has 112 valence electrons. The van der Waals surface area contributed by atoms with E-state index in [2.05, 4.69) is 19.8 Å². The molecule has 3 N–H and O–H groups in total. The maximum atomic E-state index is 11.5. The van der Waals surface area contributed by atoms with Gasteiger partial charge in [-0.25, -0.2) is 4.98 Å². The highest BCUT2D eigenvalue weighted by molar-refractivity contribution is 5.37. The summed E-state index contributed by atoms with van der Waals surface area (Å²) in [4.78, 5) is 23.4. The topological polar surface area (TPSA) is 78.2 Å². The maximum Gasteiger partial charge on any atom is 0.252 e. The van der Waals surface area contributed by atoms with Gasteiger partial charge in [-0.3, -0.25) is 4.79 Å². The molecule has 0 radical (unpaired) electrons. The highest BCUT2D eigenvalue weighted by atomic mass is 16.1. The molecular formula is C14H25N5O. The lowest BCUT2D eigenvalue weighted by Gasteiger charge is -2.22. The Bertz CT molecular complexity index is 473. The molecule has 1 saturated heterocycles. The SMILES string of the molecule is Cc1nc(N2CCCN(CCCCN)CC2)cc(=O)[nH]1. The number of nitrogens with zero attached hydrogens (tertiary/aromatic N) is 3. The van der Waals surface area contributed by atoms with Gasteiger partial charge in [0.15, 0.2) is 0 Å². The number of anilines is 1. The predicted octanol–water partition coefficient (Wildman–Crippen LogP) is 0.329. The average molecular weight is 279 g/mol. The number of aromatic amines is 1. The molecule has 0 atom stereocenters. The summed E-state index contributed by atoms with van der Waals surface area (Å²) in [6.07, 6.45) is 3.37. The number of rotatable bonds is 5. The van der Waals surface area contributed by atoms with Crippen LogP contribution in [-0.2, 0) is 0 Å². The van der Waals surface area contributed by atoms with Gasteiger partial charge in [-0.15, -0.1) is 0 Å². The van der Waals surface area contributed by atoms with Crippen LogP contribution in [0, 0.1) is 6.92 Å². The van der Waals surface area contributed by atoms with Crippen LogP contribution in [0.15, 0.2) is 10.9 Å². The van der Waals surface area contributed by atoms with Crippen molar-refractivity contribution < 1.29 is 0 Å². The Kier molecular flexibility index (Phi) is 5.55. The Labute approximate surface area is 120 Å². The number of aryl methyl sites for hydroxylation is 1. The molecule has 2 rings (SSSR count). The molecule has 1 aliphatic rings. The molecule has 1 fully saturated rings. The number of H-pyrrole nitrogens is 1. The Hall–Kier alpha value is -1.40. The summed E-state index contributed by atoms with van der Waals surface area (Å²) in [5, 5.41) is 0. The van der Waals surface area contributed by atoms with E-state index in [9.17, 15) is 4.79 Å². The standard InChI is InChI=1S/C14H25N5O/c1-12-16-13(11-14(20)17-12)19-8-4-7-18(9-10-19)6-3-2-5-15/h11H,2-10,15H2,1H3,(H,16,17,20). The van der Waals surface area contributed by atoms with E-state index in [1.807, 2.05) is 6.92 Å². The predicted molar refractivity (Wildman–Crippen MR) is 81.2 cm³/mol. The minimum Gasteiger partial charge on any atom is -0.355 e. The molecule has 0 bridgehead atoms. The van der Waals surface area contributed by atoms with E-state index < -0.39 is 0 Å². The van der Waals surface area contributed by atoms with Crippen molar-refractivity contribution >= 4 is 5.82 Å². The minimum absolute atomic E-state index is 0.0726. The summed E-state index contributed by atoms with van der Waals surface area (Å²) >= 11 is 0. The van der Waals surface area contributed by atoms with Crippen molar-refractivity contribution in [1.82, 2.24) is 14.9 Å². The number of hydrogen-bond donors (Lipinski definition) is 2. The first-order valence-electron chi connectivity index (χ1n) is 7.44. The van der Waals surface area contributed by atoms with E-state index in [0.29, 0.717) is 5.82 Å². The van der Waals surface area contributed by atoms with Crippen molar-refractivity contribution in [3.05, 3.63) is 22.2 Å². The summed E-state index contributed by atoms with van der Waals surface area (Å²) < 4.78 is 0. The zero-order chi connectivity index (χ0) is 14.4. The molecule has 6 heteroatoms. The zero-order valence-electron chi connectivity index (χ0n) is 12.3. The fraction of sp³-hybridized carbons (Fsp3) is 0.714. The lowest BCUT2D eigenvalue weighted by molar-refractivity contribution is 0.288. The summed E-state index contributed by atoms with van der Waals surface area (Å²) in [6.45, 7) is 7.74. The second-order valence-corrected chi connectivity index (χ2v) is 5.37. The molecule has 1 aromatic heterocycles. The fourth-order valence-electron chi connectivity index (χ4n) is 2.63. The van der Waals surface area contributed by atoms with Gasteiger partial charge in [0.05, 0.1) is 0 Å². The van der Waals surface area contributed by atoms with Crippen LogP contribution in [0.3, 0.4) is 0 Å². The van der Waals surface area contributed by atoms with Gasteiger partial charge < -0.3 is 20.5 Å². The van der Waals surface area contributed by atoms with Crippen molar-refractivity contribution in [3.63, 3.8) is 0 Å². The first-order valence-corrected chi connectivity index (χ1v) is 7.44. The van der Waals surface area contributed by atoms with Gasteiger partial charge in [0.2, 0.25) is 0 Å². The van der Waals surface area contributed by atoms with E-state index in [1.54, 1.807) is 6.07 Å². The highest BCUT2D eigenvalue weighted by Gasteiger charge is 2.16. The van der Waals surface area contributed by atoms with Gasteiger partial charge in [-0.05, 0) is 45.8 Å². The average Bonchev–Trinajstić information content (AvgIpc) is 2.64. The number of hydrogen-bond acceptors (Lipinski definition) is 5. The molecule has 0 aromatic carbocycles. The lowest BCUT2D eigenvalue weighted by atomic mass is 10.3. The summed E-state index contributed by atoms with van der Waals surface area (Å²) in [5.74, 6) is 1.48. The first kappa shape index (κ1) is 15.0. The Morgan fingerprint density at radius 1 is 1.30 bits per heavy atom. The van der Waals surface area contributed by atoms with E-state index >= 15 is 0 Å². The largest absolute Gasteiger partial charge is 0.355 e. The zero-order valence-corrected chi connectivity index (χ0v) is 12.3. The van der Waals surface area contributed by atoms with Crippen LogP contribution >= 0.6 is 0 Å². The van der Waals surface area contributed by atoms with Crippen molar-refractivity contribution in [2.45, 2.75) is 26.2 Å². The second kappa shape index (κ2) is 7.40. The normalized spacial score (nSPS) is 17.2. The minimum atomic E-state index is -0.0726. The molecule has 6 nitrogen and oxygen atoms in total. The third kappa shape index (κ3) is 4.31. The molecule has 0 saturated carbocycles. The van der Waals surface area contributed by atoms with Gasteiger partial charge in [-0.1, -0.05) is 0 Å².